The van der Waals surface area contributed by atoms with Crippen LogP contribution in [-0.4, -0.2) is 31.5 Å². The molecule has 1 aromatic rings. The Kier molecular flexibility index (Phi) is 2.73. The third-order valence-corrected chi connectivity index (χ3v) is 2.97. The van der Waals surface area contributed by atoms with Crippen LogP contribution >= 0.6 is 0 Å². The summed E-state index contributed by atoms with van der Waals surface area (Å²) in [7, 11) is 3.40. The maximum Gasteiger partial charge on any atom is 0.253 e. The Labute approximate surface area is 95.0 Å². The standard InChI is InChI=1S/C12H16N2O2/c1-14-5-3-4-8-6-11(16-2)10(13)7-9(8)12(14)15/h6-7H,3-5,13H2,1-2H3. The van der Waals surface area contributed by atoms with Gasteiger partial charge in [0.05, 0.1) is 12.8 Å². The average molecular weight is 220 g/mol. The fraction of sp³-hybridized carbons (Fsp3) is 0.417. The molecule has 0 bridgehead atoms. The normalized spacial score (nSPS) is 15.6. The highest BCUT2D eigenvalue weighted by atomic mass is 16.5. The first-order chi connectivity index (χ1) is 7.63. The summed E-state index contributed by atoms with van der Waals surface area (Å²) in [5.41, 5.74) is 8.07. The van der Waals surface area contributed by atoms with Gasteiger partial charge in [-0.2, -0.15) is 0 Å². The quantitative estimate of drug-likeness (QED) is 0.726. The van der Waals surface area contributed by atoms with E-state index in [0.29, 0.717) is 17.0 Å². The lowest BCUT2D eigenvalue weighted by atomic mass is 10.0. The number of fused-ring (bicyclic) bond motifs is 1. The van der Waals surface area contributed by atoms with Gasteiger partial charge in [-0.15, -0.1) is 0 Å². The minimum absolute atomic E-state index is 0.0434. The van der Waals surface area contributed by atoms with Crippen LogP contribution in [0, 0.1) is 0 Å². The number of hydrogen-bond acceptors (Lipinski definition) is 3. The molecule has 2 N–H and O–H groups in total. The molecule has 4 heteroatoms. The van der Waals surface area contributed by atoms with Crippen LogP contribution < -0.4 is 10.5 Å². The van der Waals surface area contributed by atoms with E-state index in [1.807, 2.05) is 13.1 Å². The second kappa shape index (κ2) is 4.04. The van der Waals surface area contributed by atoms with Gasteiger partial charge in [0.2, 0.25) is 0 Å². The number of amides is 1. The second-order valence-electron chi connectivity index (χ2n) is 4.08. The predicted octanol–water partition coefficient (Wildman–Crippen LogP) is 1.30. The van der Waals surface area contributed by atoms with Crippen LogP contribution in [0.2, 0.25) is 0 Å². The van der Waals surface area contributed by atoms with Crippen LogP contribution in [0.3, 0.4) is 0 Å². The number of rotatable bonds is 1. The molecule has 0 saturated carbocycles. The van der Waals surface area contributed by atoms with Gasteiger partial charge in [-0.05, 0) is 30.5 Å². The number of carbonyl (C=O) groups is 1. The number of ether oxygens (including phenoxy) is 1. The molecule has 16 heavy (non-hydrogen) atoms. The third-order valence-electron chi connectivity index (χ3n) is 2.97. The number of hydrogen-bond donors (Lipinski definition) is 1. The SMILES string of the molecule is COc1cc2c(cc1N)C(=O)N(C)CCC2. The minimum atomic E-state index is 0.0434. The molecule has 0 saturated heterocycles. The van der Waals surface area contributed by atoms with Crippen molar-refractivity contribution in [1.29, 1.82) is 0 Å². The van der Waals surface area contributed by atoms with Gasteiger partial charge in [-0.25, -0.2) is 0 Å². The molecule has 1 aliphatic heterocycles. The lowest BCUT2D eigenvalue weighted by molar-refractivity contribution is 0.0800. The molecule has 86 valence electrons. The van der Waals surface area contributed by atoms with Gasteiger partial charge < -0.3 is 15.4 Å². The zero-order valence-electron chi connectivity index (χ0n) is 9.62. The van der Waals surface area contributed by atoms with Gasteiger partial charge in [0.1, 0.15) is 5.75 Å². The smallest absolute Gasteiger partial charge is 0.253 e. The Hall–Kier alpha value is -1.71. The van der Waals surface area contributed by atoms with Crippen molar-refractivity contribution in [3.05, 3.63) is 23.3 Å². The topological polar surface area (TPSA) is 55.6 Å². The molecule has 1 aliphatic rings. The Balaban J connectivity index is 2.52. The zero-order chi connectivity index (χ0) is 11.7. The largest absolute Gasteiger partial charge is 0.495 e. The maximum atomic E-state index is 12.0. The summed E-state index contributed by atoms with van der Waals surface area (Å²) >= 11 is 0. The van der Waals surface area contributed by atoms with E-state index in [2.05, 4.69) is 0 Å². The van der Waals surface area contributed by atoms with Crippen molar-refractivity contribution in [3.63, 3.8) is 0 Å². The van der Waals surface area contributed by atoms with Crippen LogP contribution in [0.5, 0.6) is 5.75 Å². The zero-order valence-corrected chi connectivity index (χ0v) is 9.62. The molecule has 0 unspecified atom stereocenters. The molecule has 2 rings (SSSR count). The number of aryl methyl sites for hydroxylation is 1. The van der Waals surface area contributed by atoms with E-state index in [-0.39, 0.29) is 5.91 Å². The molecule has 0 radical (unpaired) electrons. The highest BCUT2D eigenvalue weighted by Gasteiger charge is 2.21. The van der Waals surface area contributed by atoms with E-state index in [9.17, 15) is 4.79 Å². The van der Waals surface area contributed by atoms with Crippen molar-refractivity contribution in [2.75, 3.05) is 26.4 Å². The van der Waals surface area contributed by atoms with Crippen LogP contribution in [0.25, 0.3) is 0 Å². The summed E-state index contributed by atoms with van der Waals surface area (Å²) in [6.45, 7) is 0.787. The molecule has 1 amide bonds. The van der Waals surface area contributed by atoms with Crippen molar-refractivity contribution >= 4 is 11.6 Å². The van der Waals surface area contributed by atoms with Crippen molar-refractivity contribution in [2.24, 2.45) is 0 Å². The fourth-order valence-corrected chi connectivity index (χ4v) is 2.04. The molecule has 4 nitrogen and oxygen atoms in total. The summed E-state index contributed by atoms with van der Waals surface area (Å²) in [6.07, 6.45) is 1.87. The lowest BCUT2D eigenvalue weighted by Gasteiger charge is -2.15. The number of anilines is 1. The number of nitrogens with zero attached hydrogens (tertiary/aromatic N) is 1. The Bertz CT molecular complexity index is 429. The van der Waals surface area contributed by atoms with Gasteiger partial charge in [0.15, 0.2) is 0 Å². The Morgan fingerprint density at radius 2 is 2.19 bits per heavy atom. The van der Waals surface area contributed by atoms with Gasteiger partial charge in [0.25, 0.3) is 5.91 Å². The van der Waals surface area contributed by atoms with E-state index >= 15 is 0 Å². The van der Waals surface area contributed by atoms with E-state index in [1.165, 1.54) is 0 Å². The van der Waals surface area contributed by atoms with Crippen LogP contribution in [0.15, 0.2) is 12.1 Å². The van der Waals surface area contributed by atoms with Crippen molar-refractivity contribution in [2.45, 2.75) is 12.8 Å². The molecule has 1 heterocycles. The van der Waals surface area contributed by atoms with E-state index in [0.717, 1.165) is 24.9 Å². The van der Waals surface area contributed by atoms with Gasteiger partial charge in [-0.3, -0.25) is 4.79 Å². The van der Waals surface area contributed by atoms with Crippen LogP contribution in [0.4, 0.5) is 5.69 Å². The predicted molar refractivity (Wildman–Crippen MR) is 62.7 cm³/mol. The molecule has 0 atom stereocenters. The molecule has 0 aromatic heterocycles. The Morgan fingerprint density at radius 1 is 1.44 bits per heavy atom. The monoisotopic (exact) mass is 220 g/mol. The summed E-state index contributed by atoms with van der Waals surface area (Å²) in [5, 5.41) is 0. The average Bonchev–Trinajstić information content (AvgIpc) is 2.40. The van der Waals surface area contributed by atoms with E-state index in [4.69, 9.17) is 10.5 Å². The summed E-state index contributed by atoms with van der Waals surface area (Å²) in [5.74, 6) is 0.693. The van der Waals surface area contributed by atoms with Crippen molar-refractivity contribution in [3.8, 4) is 5.75 Å². The molecule has 0 fully saturated rings. The maximum absolute atomic E-state index is 12.0. The highest BCUT2D eigenvalue weighted by Crippen LogP contribution is 2.28. The number of carbonyl (C=O) groups excluding carboxylic acids is 1. The van der Waals surface area contributed by atoms with Crippen molar-refractivity contribution in [1.82, 2.24) is 4.90 Å². The van der Waals surface area contributed by atoms with E-state index < -0.39 is 0 Å². The second-order valence-corrected chi connectivity index (χ2v) is 4.08. The van der Waals surface area contributed by atoms with E-state index in [1.54, 1.807) is 18.1 Å². The van der Waals surface area contributed by atoms with Crippen LogP contribution in [-0.2, 0) is 6.42 Å². The molecule has 0 spiro atoms. The molecular weight excluding hydrogens is 204 g/mol. The lowest BCUT2D eigenvalue weighted by Crippen LogP contribution is -2.26. The Morgan fingerprint density at radius 3 is 2.88 bits per heavy atom. The summed E-state index contributed by atoms with van der Waals surface area (Å²) in [6, 6.07) is 3.60. The first-order valence-electron chi connectivity index (χ1n) is 5.35. The first kappa shape index (κ1) is 10.8. The van der Waals surface area contributed by atoms with Gasteiger partial charge >= 0.3 is 0 Å². The highest BCUT2D eigenvalue weighted by molar-refractivity contribution is 5.97. The molecule has 1 aromatic carbocycles. The number of nitrogens with two attached hydrogens (primary N) is 1. The summed E-state index contributed by atoms with van der Waals surface area (Å²) < 4.78 is 5.16. The first-order valence-corrected chi connectivity index (χ1v) is 5.35. The number of methoxy groups -OCH3 is 1. The summed E-state index contributed by atoms with van der Waals surface area (Å²) in [4.78, 5) is 13.8. The van der Waals surface area contributed by atoms with Crippen LogP contribution in [0.1, 0.15) is 22.3 Å². The molecule has 0 aliphatic carbocycles. The van der Waals surface area contributed by atoms with Gasteiger partial charge in [0, 0.05) is 19.2 Å². The molecular formula is C12H16N2O2. The van der Waals surface area contributed by atoms with Crippen molar-refractivity contribution < 1.29 is 9.53 Å². The number of nitrogen functional groups attached to an aromatic ring is 1. The fourth-order valence-electron chi connectivity index (χ4n) is 2.04. The third kappa shape index (κ3) is 1.71. The van der Waals surface area contributed by atoms with Gasteiger partial charge in [-0.1, -0.05) is 0 Å². The number of benzene rings is 1. The minimum Gasteiger partial charge on any atom is -0.495 e.